The molecule has 5 aliphatic rings. The number of phenolic OH excluding ortho intramolecular Hbond substituents is 1. The van der Waals surface area contributed by atoms with Crippen molar-refractivity contribution in [3.8, 4) is 11.5 Å². The number of benzene rings is 2. The number of fused-ring (bicyclic) bond motifs is 4. The van der Waals surface area contributed by atoms with Crippen LogP contribution in [0.2, 0.25) is 0 Å². The molecule has 0 amide bonds. The number of hydrogen-bond donors (Lipinski definition) is 7. The number of carbonyl (C=O) groups is 2. The summed E-state index contributed by atoms with van der Waals surface area (Å²) in [6.45, 7) is 1.98. The maximum Gasteiger partial charge on any atom is 0.490 e. The number of aromatic nitrogens is 1. The minimum absolute atomic E-state index is 0.00457. The number of nitrogens with one attached hydrogen (secondary N) is 1. The fraction of sp³-hybridized carbons (Fsp3) is 0.452. The van der Waals surface area contributed by atoms with Gasteiger partial charge in [0, 0.05) is 35.5 Å². The number of ether oxygens (including phenoxy) is 1. The summed E-state index contributed by atoms with van der Waals surface area (Å²) >= 11 is 0. The number of aliphatic hydroxyl groups is 1. The first-order valence-electron chi connectivity index (χ1n) is 15.1. The Bertz CT molecular complexity index is 1850. The molecule has 1 saturated carbocycles. The van der Waals surface area contributed by atoms with Crippen molar-refractivity contribution in [2.24, 2.45) is 22.4 Å². The third kappa shape index (κ3) is 5.65. The normalized spacial score (nSPS) is 26.2. The van der Waals surface area contributed by atoms with Gasteiger partial charge in [0.15, 0.2) is 23.6 Å². The first kappa shape index (κ1) is 34.2. The standard InChI is InChI=1S/C27H29N5O3.2C2HF3O2/c28-25(29)30-15-4-5-18-16(10-15)17-11-27(34)20-9-14-3-6-19(33)23-21(14)26(27,24(35-23)22(17)31-18)7-8-32(20)12-13-1-2-13;2*3-2(4,5)1(6)7/h3-6,10,13,20,24,31,33-34H,1-2,7-9,11-12H2,(H4,28,29,30);2*(H,6,7). The van der Waals surface area contributed by atoms with E-state index in [4.69, 9.17) is 36.0 Å². The Hall–Kier alpha value is -4.71. The first-order valence-corrected chi connectivity index (χ1v) is 15.1. The van der Waals surface area contributed by atoms with Crippen LogP contribution in [0.3, 0.4) is 0 Å². The number of piperidine rings is 1. The van der Waals surface area contributed by atoms with Crippen LogP contribution in [-0.2, 0) is 27.8 Å². The summed E-state index contributed by atoms with van der Waals surface area (Å²) < 4.78 is 70.1. The van der Waals surface area contributed by atoms with Crippen LogP contribution < -0.4 is 16.2 Å². The molecule has 1 saturated heterocycles. The maximum atomic E-state index is 12.9. The predicted octanol–water partition coefficient (Wildman–Crippen LogP) is 3.74. The van der Waals surface area contributed by atoms with Crippen LogP contribution in [0.25, 0.3) is 10.9 Å². The van der Waals surface area contributed by atoms with Crippen LogP contribution in [0.5, 0.6) is 11.5 Å². The van der Waals surface area contributed by atoms with Crippen molar-refractivity contribution in [1.29, 1.82) is 0 Å². The summed E-state index contributed by atoms with van der Waals surface area (Å²) in [7, 11) is 0. The van der Waals surface area contributed by atoms with E-state index in [1.807, 2.05) is 24.3 Å². The zero-order valence-electron chi connectivity index (χ0n) is 25.4. The van der Waals surface area contributed by atoms with Crippen LogP contribution in [0.1, 0.15) is 47.8 Å². The van der Waals surface area contributed by atoms with Crippen molar-refractivity contribution >= 4 is 34.5 Å². The number of nitrogens with two attached hydrogens (primary N) is 2. The molecule has 4 atom stereocenters. The second-order valence-corrected chi connectivity index (χ2v) is 12.8. The molecule has 4 unspecified atom stereocenters. The van der Waals surface area contributed by atoms with E-state index in [0.29, 0.717) is 17.9 Å². The molecular weight excluding hydrogens is 668 g/mol. The molecule has 264 valence electrons. The number of halogens is 6. The summed E-state index contributed by atoms with van der Waals surface area (Å²) in [4.78, 5) is 28.2. The molecule has 9 N–H and O–H groups in total. The maximum absolute atomic E-state index is 12.9. The average molecular weight is 700 g/mol. The van der Waals surface area contributed by atoms with Crippen LogP contribution in [-0.4, -0.2) is 85.3 Å². The molecule has 2 fully saturated rings. The van der Waals surface area contributed by atoms with Crippen molar-refractivity contribution < 1.29 is 61.1 Å². The van der Waals surface area contributed by atoms with Crippen LogP contribution >= 0.6 is 0 Å². The van der Waals surface area contributed by atoms with Crippen molar-refractivity contribution in [3.63, 3.8) is 0 Å². The van der Waals surface area contributed by atoms with Crippen LogP contribution in [0.4, 0.5) is 32.0 Å². The molecule has 3 aromatic rings. The summed E-state index contributed by atoms with van der Waals surface area (Å²) in [5, 5.41) is 38.9. The lowest BCUT2D eigenvalue weighted by molar-refractivity contribution is -0.193. The Kier molecular flexibility index (Phi) is 7.97. The number of aliphatic carboxylic acids is 2. The zero-order chi connectivity index (χ0) is 35.8. The molecule has 8 rings (SSSR count). The molecule has 0 radical (unpaired) electrons. The van der Waals surface area contributed by atoms with Crippen LogP contribution in [0.15, 0.2) is 35.3 Å². The van der Waals surface area contributed by atoms with E-state index >= 15 is 0 Å². The number of rotatable bonds is 3. The number of aliphatic imine (C=N–C) groups is 1. The van der Waals surface area contributed by atoms with E-state index in [0.717, 1.165) is 59.6 Å². The van der Waals surface area contributed by atoms with Gasteiger partial charge in [0.2, 0.25) is 0 Å². The number of H-pyrrole nitrogens is 1. The summed E-state index contributed by atoms with van der Waals surface area (Å²) in [6, 6.07) is 9.64. The van der Waals surface area contributed by atoms with Gasteiger partial charge in [-0.15, -0.1) is 0 Å². The monoisotopic (exact) mass is 699 g/mol. The Morgan fingerprint density at radius 1 is 1.04 bits per heavy atom. The highest BCUT2D eigenvalue weighted by Gasteiger charge is 2.72. The number of likely N-dealkylation sites (tertiary alicyclic amines) is 1. The largest absolute Gasteiger partial charge is 0.504 e. The van der Waals surface area contributed by atoms with Crippen molar-refractivity contribution in [2.75, 3.05) is 13.1 Å². The summed E-state index contributed by atoms with van der Waals surface area (Å²) in [6.07, 6.45) is -5.90. The number of carboxylic acid groups (broad SMARTS) is 2. The lowest BCUT2D eigenvalue weighted by atomic mass is 9.49. The Labute approximate surface area is 273 Å². The second kappa shape index (κ2) is 11.4. The Morgan fingerprint density at radius 3 is 2.24 bits per heavy atom. The number of aromatic hydroxyl groups is 1. The molecule has 1 spiro atoms. The number of phenols is 1. The molecule has 18 heteroatoms. The van der Waals surface area contributed by atoms with Crippen molar-refractivity contribution in [3.05, 3.63) is 52.7 Å². The van der Waals surface area contributed by atoms with E-state index in [-0.39, 0.29) is 23.9 Å². The number of guanidine groups is 1. The van der Waals surface area contributed by atoms with Gasteiger partial charge in [-0.2, -0.15) is 26.3 Å². The highest BCUT2D eigenvalue weighted by Crippen LogP contribution is 2.69. The third-order valence-electron chi connectivity index (χ3n) is 9.89. The molecule has 3 heterocycles. The second-order valence-electron chi connectivity index (χ2n) is 12.8. The van der Waals surface area contributed by atoms with Gasteiger partial charge in [-0.25, -0.2) is 14.6 Å². The average Bonchev–Trinajstić information content (AvgIpc) is 3.64. The number of alkyl halides is 6. The topological polar surface area (TPSA) is 208 Å². The Balaban J connectivity index is 0.000000253. The highest BCUT2D eigenvalue weighted by molar-refractivity contribution is 5.90. The summed E-state index contributed by atoms with van der Waals surface area (Å²) in [5.41, 5.74) is 15.6. The van der Waals surface area contributed by atoms with Crippen molar-refractivity contribution in [1.82, 2.24) is 9.88 Å². The quantitative estimate of drug-likeness (QED) is 0.120. The lowest BCUT2D eigenvalue weighted by Crippen LogP contribution is -2.74. The minimum Gasteiger partial charge on any atom is -0.504 e. The third-order valence-corrected chi connectivity index (χ3v) is 9.89. The van der Waals surface area contributed by atoms with E-state index in [1.54, 1.807) is 6.07 Å². The Morgan fingerprint density at radius 2 is 1.67 bits per heavy atom. The highest BCUT2D eigenvalue weighted by atomic mass is 19.4. The molecule has 2 bridgehead atoms. The van der Waals surface area contributed by atoms with Gasteiger partial charge in [-0.1, -0.05) is 6.07 Å². The molecular formula is C31H31F6N5O7. The van der Waals surface area contributed by atoms with E-state index in [9.17, 15) is 36.6 Å². The zero-order valence-corrected chi connectivity index (χ0v) is 25.4. The lowest BCUT2D eigenvalue weighted by Gasteiger charge is -2.62. The van der Waals surface area contributed by atoms with Gasteiger partial charge >= 0.3 is 24.3 Å². The number of carboxylic acids is 2. The van der Waals surface area contributed by atoms with Gasteiger partial charge in [0.1, 0.15) is 0 Å². The van der Waals surface area contributed by atoms with E-state index in [2.05, 4.69) is 14.9 Å². The SMILES string of the molecule is NC(N)=Nc1ccc2[nH]c3c(c2c1)CC1(O)C2Cc4ccc(O)c5c4C1(CCN2CC1CC1)C3O5.O=C(O)C(F)(F)F.O=C(O)C(F)(F)F. The molecule has 1 aromatic heterocycles. The van der Waals surface area contributed by atoms with Gasteiger partial charge < -0.3 is 41.6 Å². The van der Waals surface area contributed by atoms with Crippen LogP contribution in [0, 0.1) is 5.92 Å². The van der Waals surface area contributed by atoms with Gasteiger partial charge in [0.05, 0.1) is 22.4 Å². The fourth-order valence-electron chi connectivity index (χ4n) is 7.83. The summed E-state index contributed by atoms with van der Waals surface area (Å²) in [5.74, 6) is -4.05. The first-order chi connectivity index (χ1) is 22.8. The smallest absolute Gasteiger partial charge is 0.490 e. The molecule has 2 aliphatic heterocycles. The van der Waals surface area contributed by atoms with Crippen molar-refractivity contribution in [2.45, 2.75) is 67.6 Å². The molecule has 3 aliphatic carbocycles. The molecule has 49 heavy (non-hydrogen) atoms. The molecule has 2 aromatic carbocycles. The van der Waals surface area contributed by atoms with E-state index in [1.165, 1.54) is 18.4 Å². The minimum atomic E-state index is -5.08. The number of nitrogens with zero attached hydrogens (tertiary/aromatic N) is 2. The fourth-order valence-corrected chi connectivity index (χ4v) is 7.83. The number of aromatic amines is 1. The van der Waals surface area contributed by atoms with Gasteiger partial charge in [-0.3, -0.25) is 4.90 Å². The van der Waals surface area contributed by atoms with E-state index < -0.39 is 35.3 Å². The predicted molar refractivity (Wildman–Crippen MR) is 159 cm³/mol. The van der Waals surface area contributed by atoms with Gasteiger partial charge in [-0.05, 0) is 73.5 Å². The number of hydrogen-bond acceptors (Lipinski definition) is 7. The van der Waals surface area contributed by atoms with Gasteiger partial charge in [0.25, 0.3) is 0 Å². The molecule has 12 nitrogen and oxygen atoms in total.